The van der Waals surface area contributed by atoms with Gasteiger partial charge in [-0.2, -0.15) is 0 Å². The van der Waals surface area contributed by atoms with Gasteiger partial charge in [-0.1, -0.05) is 84.8 Å². The summed E-state index contributed by atoms with van der Waals surface area (Å²) < 4.78 is 10.9. The summed E-state index contributed by atoms with van der Waals surface area (Å²) in [6, 6.07) is 6.70. The third kappa shape index (κ3) is 8.90. The van der Waals surface area contributed by atoms with E-state index < -0.39 is 11.9 Å². The predicted octanol–water partition coefficient (Wildman–Crippen LogP) is 6.58. The summed E-state index contributed by atoms with van der Waals surface area (Å²) in [5.74, 6) is -0.944. The molecule has 0 aliphatic heterocycles. The molecule has 4 heteroatoms. The highest BCUT2D eigenvalue weighted by Crippen LogP contribution is 2.23. The lowest BCUT2D eigenvalue weighted by atomic mass is 9.90. The van der Waals surface area contributed by atoms with E-state index in [0.29, 0.717) is 6.61 Å². The molecular formula is C24H38O4. The number of carbonyl (C=O) groups is 2. The minimum Gasteiger partial charge on any atom is -0.462 e. The lowest BCUT2D eigenvalue weighted by Gasteiger charge is -2.27. The second-order valence-electron chi connectivity index (χ2n) is 8.57. The first kappa shape index (κ1) is 24.2. The third-order valence-corrected chi connectivity index (χ3v) is 5.10. The molecule has 0 saturated heterocycles. The van der Waals surface area contributed by atoms with Crippen LogP contribution in [0.2, 0.25) is 0 Å². The highest BCUT2D eigenvalue weighted by Gasteiger charge is 2.26. The Kier molecular flexibility index (Phi) is 10.9. The van der Waals surface area contributed by atoms with Gasteiger partial charge in [-0.05, 0) is 30.9 Å². The molecule has 4 nitrogen and oxygen atoms in total. The molecule has 0 spiro atoms. The first-order valence-electron chi connectivity index (χ1n) is 10.7. The fraction of sp³-hybridized carbons (Fsp3) is 0.667. The molecule has 158 valence electrons. The molecule has 0 fully saturated rings. The molecule has 0 amide bonds. The van der Waals surface area contributed by atoms with E-state index in [2.05, 4.69) is 6.92 Å². The van der Waals surface area contributed by atoms with Crippen LogP contribution in [0, 0.1) is 5.41 Å². The molecule has 28 heavy (non-hydrogen) atoms. The number of hydrogen-bond donors (Lipinski definition) is 0. The lowest BCUT2D eigenvalue weighted by molar-refractivity contribution is 0.00437. The highest BCUT2D eigenvalue weighted by molar-refractivity contribution is 6.03. The van der Waals surface area contributed by atoms with E-state index in [1.54, 1.807) is 24.3 Å². The Labute approximate surface area is 171 Å². The van der Waals surface area contributed by atoms with Crippen molar-refractivity contribution in [3.05, 3.63) is 35.4 Å². The largest absolute Gasteiger partial charge is 0.462 e. The number of carbonyl (C=O) groups excluding carboxylic acids is 2. The van der Waals surface area contributed by atoms with Gasteiger partial charge >= 0.3 is 11.9 Å². The summed E-state index contributed by atoms with van der Waals surface area (Å²) in [5, 5.41) is 0. The molecule has 0 N–H and O–H groups in total. The third-order valence-electron chi connectivity index (χ3n) is 5.10. The van der Waals surface area contributed by atoms with Crippen molar-refractivity contribution in [3.8, 4) is 0 Å². The second kappa shape index (κ2) is 12.6. The van der Waals surface area contributed by atoms with Crippen LogP contribution in [0.5, 0.6) is 0 Å². The van der Waals surface area contributed by atoms with Crippen LogP contribution in [0.3, 0.4) is 0 Å². The fourth-order valence-corrected chi connectivity index (χ4v) is 2.72. The first-order chi connectivity index (χ1) is 13.3. The van der Waals surface area contributed by atoms with E-state index in [0.717, 1.165) is 12.8 Å². The molecule has 0 heterocycles. The lowest BCUT2D eigenvalue weighted by Crippen LogP contribution is -2.29. The molecule has 0 aliphatic rings. The summed E-state index contributed by atoms with van der Waals surface area (Å²) in [6.07, 6.45) is 9.25. The topological polar surface area (TPSA) is 52.6 Å². The van der Waals surface area contributed by atoms with Gasteiger partial charge in [-0.15, -0.1) is 0 Å². The fourth-order valence-electron chi connectivity index (χ4n) is 2.72. The monoisotopic (exact) mass is 390 g/mol. The van der Waals surface area contributed by atoms with Crippen molar-refractivity contribution >= 4 is 11.9 Å². The van der Waals surface area contributed by atoms with Gasteiger partial charge in [0.2, 0.25) is 0 Å². The molecule has 1 aromatic carbocycles. The van der Waals surface area contributed by atoms with Crippen molar-refractivity contribution in [2.45, 2.75) is 92.1 Å². The summed E-state index contributed by atoms with van der Waals surface area (Å²) >= 11 is 0. The van der Waals surface area contributed by atoms with Gasteiger partial charge in [0, 0.05) is 0 Å². The van der Waals surface area contributed by atoms with Crippen LogP contribution in [0.25, 0.3) is 0 Å². The molecule has 0 radical (unpaired) electrons. The van der Waals surface area contributed by atoms with Crippen molar-refractivity contribution < 1.29 is 19.1 Å². The number of benzene rings is 1. The van der Waals surface area contributed by atoms with Crippen LogP contribution < -0.4 is 0 Å². The van der Waals surface area contributed by atoms with Crippen LogP contribution in [0.4, 0.5) is 0 Å². The summed E-state index contributed by atoms with van der Waals surface area (Å²) in [6.45, 7) is 10.5. The average molecular weight is 391 g/mol. The zero-order valence-corrected chi connectivity index (χ0v) is 18.4. The van der Waals surface area contributed by atoms with Gasteiger partial charge in [-0.25, -0.2) is 9.59 Å². The maximum Gasteiger partial charge on any atom is 0.339 e. The molecule has 0 aromatic heterocycles. The Bertz CT molecular complexity index is 601. The van der Waals surface area contributed by atoms with Crippen molar-refractivity contribution in [2.75, 3.05) is 6.61 Å². The second-order valence-corrected chi connectivity index (χ2v) is 8.57. The van der Waals surface area contributed by atoms with E-state index in [9.17, 15) is 9.59 Å². The summed E-state index contributed by atoms with van der Waals surface area (Å²) in [5.41, 5.74) is 0.370. The van der Waals surface area contributed by atoms with Crippen molar-refractivity contribution in [1.29, 1.82) is 0 Å². The van der Waals surface area contributed by atoms with Gasteiger partial charge in [-0.3, -0.25) is 0 Å². The number of rotatable bonds is 12. The van der Waals surface area contributed by atoms with Gasteiger partial charge in [0.05, 0.1) is 17.7 Å². The quantitative estimate of drug-likeness (QED) is 0.299. The summed E-state index contributed by atoms with van der Waals surface area (Å²) in [7, 11) is 0. The Morgan fingerprint density at radius 2 is 1.36 bits per heavy atom. The van der Waals surface area contributed by atoms with Gasteiger partial charge in [0.25, 0.3) is 0 Å². The Morgan fingerprint density at radius 3 is 1.89 bits per heavy atom. The van der Waals surface area contributed by atoms with Crippen LogP contribution >= 0.6 is 0 Å². The van der Waals surface area contributed by atoms with E-state index in [-0.39, 0.29) is 22.6 Å². The van der Waals surface area contributed by atoms with Crippen molar-refractivity contribution in [2.24, 2.45) is 5.41 Å². The van der Waals surface area contributed by atoms with Gasteiger partial charge in [0.15, 0.2) is 0 Å². The number of ether oxygens (including phenoxy) is 2. The molecule has 0 saturated carbocycles. The van der Waals surface area contributed by atoms with E-state index in [1.807, 2.05) is 27.7 Å². The molecule has 0 bridgehead atoms. The van der Waals surface area contributed by atoms with Gasteiger partial charge < -0.3 is 9.47 Å². The van der Waals surface area contributed by atoms with E-state index >= 15 is 0 Å². The summed E-state index contributed by atoms with van der Waals surface area (Å²) in [4.78, 5) is 24.9. The normalized spacial score (nSPS) is 12.5. The van der Waals surface area contributed by atoms with Crippen LogP contribution in [0.1, 0.15) is 107 Å². The first-order valence-corrected chi connectivity index (χ1v) is 10.7. The smallest absolute Gasteiger partial charge is 0.339 e. The average Bonchev–Trinajstić information content (AvgIpc) is 2.65. The predicted molar refractivity (Wildman–Crippen MR) is 114 cm³/mol. The number of hydrogen-bond acceptors (Lipinski definition) is 4. The molecule has 1 atom stereocenters. The standard InChI is InChI=1S/C24H38O4/c1-6-7-8-9-10-11-12-15-18-27-22(25)20-16-13-14-17-21(20)23(26)28-19(2)24(3,4)5/h13-14,16-17,19H,6-12,15,18H2,1-5H3. The van der Waals surface area contributed by atoms with E-state index in [1.165, 1.54) is 38.5 Å². The minimum absolute atomic E-state index is 0.165. The van der Waals surface area contributed by atoms with Crippen molar-refractivity contribution in [3.63, 3.8) is 0 Å². The maximum atomic E-state index is 12.5. The Hall–Kier alpha value is -1.84. The molecular weight excluding hydrogens is 352 g/mol. The number of esters is 2. The molecule has 0 aliphatic carbocycles. The zero-order chi connectivity index (χ0) is 21.0. The minimum atomic E-state index is -0.484. The molecule has 1 aromatic rings. The van der Waals surface area contributed by atoms with Gasteiger partial charge in [0.1, 0.15) is 6.10 Å². The number of unbranched alkanes of at least 4 members (excludes halogenated alkanes) is 7. The highest BCUT2D eigenvalue weighted by atomic mass is 16.5. The zero-order valence-electron chi connectivity index (χ0n) is 18.4. The van der Waals surface area contributed by atoms with Crippen molar-refractivity contribution in [1.82, 2.24) is 0 Å². The maximum absolute atomic E-state index is 12.5. The SMILES string of the molecule is CCCCCCCCCCOC(=O)c1ccccc1C(=O)OC(C)C(C)(C)C. The molecule has 1 unspecified atom stereocenters. The van der Waals surface area contributed by atoms with Crippen LogP contribution in [-0.4, -0.2) is 24.6 Å². The van der Waals surface area contributed by atoms with E-state index in [4.69, 9.17) is 9.47 Å². The Balaban J connectivity index is 2.46. The van der Waals surface area contributed by atoms with Crippen LogP contribution in [-0.2, 0) is 9.47 Å². The molecule has 1 rings (SSSR count). The van der Waals surface area contributed by atoms with Crippen LogP contribution in [0.15, 0.2) is 24.3 Å². The Morgan fingerprint density at radius 1 is 0.857 bits per heavy atom.